The van der Waals surface area contributed by atoms with Gasteiger partial charge in [-0.1, -0.05) is 132 Å². The van der Waals surface area contributed by atoms with E-state index < -0.39 is 61.1 Å². The minimum atomic E-state index is -1.37. The van der Waals surface area contributed by atoms with Crippen LogP contribution in [-0.4, -0.2) is 160 Å². The Labute approximate surface area is 592 Å². The second-order valence-electron chi connectivity index (χ2n) is 26.7. The summed E-state index contributed by atoms with van der Waals surface area (Å²) in [4.78, 5) is 80.1. The number of nitrogens with zero attached hydrogens (tertiary/aromatic N) is 7. The lowest BCUT2D eigenvalue weighted by atomic mass is 9.76. The number of hydrogen-bond acceptors (Lipinski definition) is 21. The van der Waals surface area contributed by atoms with Crippen molar-refractivity contribution in [1.29, 1.82) is 0 Å². The third-order valence-corrected chi connectivity index (χ3v) is 19.8. The van der Waals surface area contributed by atoms with E-state index in [2.05, 4.69) is 82.3 Å². The monoisotopic (exact) mass is 1420 g/mol. The maximum atomic E-state index is 12.4. The minimum absolute atomic E-state index is 0.0237. The molecule has 100 heavy (non-hydrogen) atoms. The number of fused-ring (bicyclic) bond motifs is 5. The van der Waals surface area contributed by atoms with Crippen LogP contribution in [0.25, 0.3) is 16.8 Å². The Kier molecular flexibility index (Phi) is 29.4. The van der Waals surface area contributed by atoms with Crippen molar-refractivity contribution in [2.24, 2.45) is 34.1 Å². The Balaban J connectivity index is 0.000000160. The zero-order valence-corrected chi connectivity index (χ0v) is 59.3. The molecule has 5 aromatic rings. The highest BCUT2D eigenvalue weighted by Gasteiger charge is 2.48. The van der Waals surface area contributed by atoms with Gasteiger partial charge in [0.15, 0.2) is 12.1 Å². The molecule has 3 aromatic carbocycles. The van der Waals surface area contributed by atoms with E-state index in [9.17, 15) is 49.2 Å². The van der Waals surface area contributed by atoms with Crippen LogP contribution in [0.5, 0.6) is 11.5 Å². The Morgan fingerprint density at radius 2 is 1.57 bits per heavy atom. The number of aliphatic carboxylic acids is 2. The number of ether oxygens (including phenoxy) is 4. The molecule has 2 aliphatic heterocycles. The predicted molar refractivity (Wildman–Crippen MR) is 377 cm³/mol. The van der Waals surface area contributed by atoms with Gasteiger partial charge in [0.25, 0.3) is 0 Å². The minimum Gasteiger partial charge on any atom is -0.497 e. The molecule has 0 radical (unpaired) electrons. The predicted octanol–water partition coefficient (Wildman–Crippen LogP) is 11.0. The number of carboxylic acids is 2. The molecule has 6 N–H and O–H groups in total. The third-order valence-electron chi connectivity index (χ3n) is 18.4. The molecule has 4 fully saturated rings. The summed E-state index contributed by atoms with van der Waals surface area (Å²) in [6.45, 7) is 11.1. The van der Waals surface area contributed by atoms with Gasteiger partial charge in [-0.2, -0.15) is 0 Å². The first-order valence-electron chi connectivity index (χ1n) is 34.6. The number of likely N-dealkylation sites (tertiary alicyclic amines) is 1. The van der Waals surface area contributed by atoms with Gasteiger partial charge in [0.05, 0.1) is 55.6 Å². The molecule has 4 heterocycles. The number of imide groups is 1. The highest BCUT2D eigenvalue weighted by atomic mass is 35.5. The summed E-state index contributed by atoms with van der Waals surface area (Å²) in [5, 5.41) is 74.8. The molecule has 9 atom stereocenters. The van der Waals surface area contributed by atoms with Crippen LogP contribution in [-0.2, 0) is 59.3 Å². The number of esters is 1. The van der Waals surface area contributed by atoms with E-state index in [1.54, 1.807) is 43.7 Å². The van der Waals surface area contributed by atoms with E-state index in [1.807, 2.05) is 43.3 Å². The SMILES string of the molecule is C/C=C/C=NCc1nnc2c(n1)Cc1ccccc1-2.CCCCCCCCO[C@@H]1O[C@H](CO)[C@@H](O)[C@H](O)[C@H]1O.COc1cccc(C(=O)Oc2ccc3c(c2)C(C)=CC(C)(C)C3)c1.O=C(O)CCN1C(=O)[C@H]2CC(Cl)=CC[C@H]2C1=O.O=C(O)[C@H]1CCCC[C@@H]1C(=O)Cc1nnc(C2CC2)s1. The van der Waals surface area contributed by atoms with Gasteiger partial charge in [-0.25, -0.2) is 9.78 Å². The molecule has 2 saturated heterocycles. The maximum absolute atomic E-state index is 12.4. The smallest absolute Gasteiger partial charge is 0.343 e. The Morgan fingerprint density at radius 1 is 0.830 bits per heavy atom. The quantitative estimate of drug-likeness (QED) is 0.0114. The summed E-state index contributed by atoms with van der Waals surface area (Å²) in [6, 6.07) is 21.1. The molecule has 5 aliphatic carbocycles. The molecule has 2 aromatic heterocycles. The summed E-state index contributed by atoms with van der Waals surface area (Å²) in [5.41, 5.74) is 8.66. The Morgan fingerprint density at radius 3 is 2.29 bits per heavy atom. The molecule has 538 valence electrons. The fourth-order valence-corrected chi connectivity index (χ4v) is 14.2. The largest absolute Gasteiger partial charge is 0.497 e. The molecular weight excluding hydrogens is 1320 g/mol. The average molecular weight is 1420 g/mol. The van der Waals surface area contributed by atoms with Crippen molar-refractivity contribution in [2.45, 2.75) is 193 Å². The van der Waals surface area contributed by atoms with Crippen molar-refractivity contribution >= 4 is 70.2 Å². The second kappa shape index (κ2) is 37.7. The number of carbonyl (C=O) groups excluding carboxylic acids is 4. The van der Waals surface area contributed by atoms with E-state index >= 15 is 0 Å². The van der Waals surface area contributed by atoms with Crippen LogP contribution in [0.3, 0.4) is 0 Å². The number of carboxylic acid groups (broad SMARTS) is 2. The fraction of sp³-hybridized carbons (Fsp3) is 0.520. The van der Waals surface area contributed by atoms with Crippen molar-refractivity contribution < 1.29 is 78.4 Å². The number of aromatic nitrogens is 5. The van der Waals surface area contributed by atoms with Crippen LogP contribution in [0.4, 0.5) is 0 Å². The van der Waals surface area contributed by atoms with E-state index in [1.165, 1.54) is 60.1 Å². The topological polar surface area (TPSA) is 341 Å². The van der Waals surface area contributed by atoms with Gasteiger partial charge in [0.2, 0.25) is 11.8 Å². The molecular formula is C75H94ClN7O16S. The van der Waals surface area contributed by atoms with Gasteiger partial charge >= 0.3 is 17.9 Å². The third kappa shape index (κ3) is 21.9. The van der Waals surface area contributed by atoms with E-state index in [0.29, 0.717) is 72.7 Å². The van der Waals surface area contributed by atoms with Crippen LogP contribution < -0.4 is 9.47 Å². The summed E-state index contributed by atoms with van der Waals surface area (Å²) < 4.78 is 21.3. The summed E-state index contributed by atoms with van der Waals surface area (Å²) in [5.74, 6) is -1.92. The molecule has 7 aliphatic rings. The number of benzene rings is 3. The molecule has 0 bridgehead atoms. The number of aliphatic imine (C=N–C) groups is 1. The van der Waals surface area contributed by atoms with Gasteiger partial charge in [-0.3, -0.25) is 33.9 Å². The van der Waals surface area contributed by atoms with Gasteiger partial charge in [-0.15, -0.1) is 31.7 Å². The van der Waals surface area contributed by atoms with Gasteiger partial charge in [0.1, 0.15) is 64.0 Å². The number of Topliss-reactive ketones (excluding diaryl/α,β-unsaturated/α-hetero) is 1. The number of aliphatic hydroxyl groups is 4. The number of rotatable bonds is 23. The van der Waals surface area contributed by atoms with Crippen LogP contribution in [0.2, 0.25) is 0 Å². The van der Waals surface area contributed by atoms with Crippen LogP contribution in [0.1, 0.15) is 185 Å². The molecule has 25 heteroatoms. The lowest BCUT2D eigenvalue weighted by Gasteiger charge is -2.39. The van der Waals surface area contributed by atoms with Crippen LogP contribution in [0, 0.1) is 29.1 Å². The standard InChI is InChI=1S/C21H22O3.C15H14N4.C14H18N2O3S.C14H28O6.C11H12ClNO4/c1-14-12-21(2,3)13-16-8-9-18(11-19(14)16)24-20(22)15-6-5-7-17(10-15)23-4;1-2-3-8-16-10-14-17-13-9-11-6-4-5-7-12(11)15(13)19-18-14;17-11(9-3-1-2-4-10(9)14(18)19)7-12-15-16-13(20-12)8-5-6-8;1-2-3-4-5-6-7-8-19-14-13(18)12(17)11(16)10(9-15)20-14;12-6-1-2-7-8(5-6)11(17)13(10(7)16)4-3-9(14)15/h5-12H,13H2,1-4H3;2-8H,9-10H2,1H3;8-10H,1-7H2,(H,18,19);10-18H,2-9H2,1H3;1,7-8H,2-5H2,(H,14,15)/b;3-2+,16-8?;;;/t;;9-,10-;10-,11-,12+,13-,14-;7-,8+/m..011/s1. The van der Waals surface area contributed by atoms with Gasteiger partial charge in [-0.05, 0) is 129 Å². The number of hydrogen-bond donors (Lipinski definition) is 6. The van der Waals surface area contributed by atoms with Crippen molar-refractivity contribution in [1.82, 2.24) is 30.3 Å². The number of ketones is 1. The number of allylic oxidation sites excluding steroid dienone is 6. The zero-order valence-electron chi connectivity index (χ0n) is 57.7. The highest BCUT2D eigenvalue weighted by Crippen LogP contribution is 2.43. The molecule has 2 saturated carbocycles. The average Bonchev–Trinajstić information content (AvgIpc) is 1.43. The van der Waals surface area contributed by atoms with Crippen LogP contribution in [0.15, 0.2) is 101 Å². The molecule has 2 amide bonds. The number of unbranched alkanes of at least 4 members (excludes halogenated alkanes) is 5. The number of methoxy groups -OCH3 is 1. The van der Waals surface area contributed by atoms with Gasteiger partial charge in [0, 0.05) is 48.2 Å². The lowest BCUT2D eigenvalue weighted by molar-refractivity contribution is -0.301. The fourth-order valence-electron chi connectivity index (χ4n) is 13.0. The zero-order chi connectivity index (χ0) is 72.0. The normalized spacial score (nSPS) is 23.1. The number of aliphatic hydroxyl groups excluding tert-OH is 4. The lowest BCUT2D eigenvalue weighted by Crippen LogP contribution is -2.59. The number of halogens is 1. The summed E-state index contributed by atoms with van der Waals surface area (Å²) in [6.07, 6.45) is 18.7. The Hall–Kier alpha value is -7.81. The van der Waals surface area contributed by atoms with Crippen molar-refractivity contribution in [3.63, 3.8) is 0 Å². The van der Waals surface area contributed by atoms with Crippen molar-refractivity contribution in [3.8, 4) is 22.8 Å². The van der Waals surface area contributed by atoms with E-state index in [0.717, 1.165) is 82.4 Å². The highest BCUT2D eigenvalue weighted by molar-refractivity contribution is 7.11. The van der Waals surface area contributed by atoms with Gasteiger partial charge < -0.3 is 49.6 Å². The number of amides is 2. The first kappa shape index (κ1) is 77.9. The van der Waals surface area contributed by atoms with Crippen molar-refractivity contribution in [2.75, 3.05) is 26.9 Å². The van der Waals surface area contributed by atoms with E-state index in [-0.39, 0.29) is 60.2 Å². The molecule has 0 spiro atoms. The summed E-state index contributed by atoms with van der Waals surface area (Å²) in [7, 11) is 1.57. The van der Waals surface area contributed by atoms with Crippen molar-refractivity contribution in [3.05, 3.63) is 140 Å². The molecule has 12 rings (SSSR count). The van der Waals surface area contributed by atoms with E-state index in [4.69, 9.17) is 40.8 Å². The molecule has 23 nitrogen and oxygen atoms in total. The molecule has 0 unspecified atom stereocenters. The first-order chi connectivity index (χ1) is 48.0. The maximum Gasteiger partial charge on any atom is 0.343 e. The first-order valence-corrected chi connectivity index (χ1v) is 35.7. The van der Waals surface area contributed by atoms with Crippen LogP contribution >= 0.6 is 22.9 Å². The number of carbonyl (C=O) groups is 6. The summed E-state index contributed by atoms with van der Waals surface area (Å²) >= 11 is 7.37. The second-order valence-corrected chi connectivity index (χ2v) is 28.3. The Bertz CT molecular complexity index is 3760.